The lowest BCUT2D eigenvalue weighted by molar-refractivity contribution is 0.711. The Kier molecular flexibility index (Phi) is 3.18. The highest BCUT2D eigenvalue weighted by atomic mass is 15.0. The average Bonchev–Trinajstić information content (AvgIpc) is 3.51. The Bertz CT molecular complexity index is 1490. The summed E-state index contributed by atoms with van der Waals surface area (Å²) in [6, 6.07) is 21.8. The van der Waals surface area contributed by atoms with E-state index in [0.717, 1.165) is 17.5 Å². The van der Waals surface area contributed by atoms with Gasteiger partial charge in [0.25, 0.3) is 0 Å². The number of imidazole rings is 1. The average molecular weight is 389 g/mol. The van der Waals surface area contributed by atoms with Crippen molar-refractivity contribution in [3.05, 3.63) is 82.9 Å². The molecule has 1 fully saturated rings. The predicted octanol–water partition coefficient (Wildman–Crippen LogP) is 7.29. The summed E-state index contributed by atoms with van der Waals surface area (Å²) < 4.78 is 2.45. The maximum atomic E-state index is 5.31. The standard InChI is InChI=1S/C28H24N2/c1-16-24-20-12-13-21(14-20)25(24)17(2)27-26(16)29-28-22-11-7-6-10-19(22)15-23(30(27)28)18-8-4-3-5-9-18/h3-11,15,20-21H,12-14H2,1-2H3. The third-order valence-electron chi connectivity index (χ3n) is 7.74. The first-order valence-electron chi connectivity index (χ1n) is 11.1. The molecule has 2 nitrogen and oxygen atoms in total. The Morgan fingerprint density at radius 1 is 0.833 bits per heavy atom. The van der Waals surface area contributed by atoms with Gasteiger partial charge in [0.1, 0.15) is 5.65 Å². The van der Waals surface area contributed by atoms with Crippen LogP contribution in [0.5, 0.6) is 0 Å². The van der Waals surface area contributed by atoms with E-state index in [-0.39, 0.29) is 0 Å². The SMILES string of the molecule is Cc1c2c(c(C)c3c1nc1c4ccccc4cc(-c4ccccc4)n13)C1CCC2C1. The number of aromatic nitrogens is 2. The van der Waals surface area contributed by atoms with Crippen molar-refractivity contribution >= 4 is 27.5 Å². The molecule has 0 spiro atoms. The van der Waals surface area contributed by atoms with E-state index in [1.165, 1.54) is 63.5 Å². The first-order valence-corrected chi connectivity index (χ1v) is 11.1. The van der Waals surface area contributed by atoms with E-state index in [0.29, 0.717) is 0 Å². The quantitative estimate of drug-likeness (QED) is 0.295. The molecule has 5 aromatic rings. The van der Waals surface area contributed by atoms with Crippen LogP contribution in [0.4, 0.5) is 0 Å². The van der Waals surface area contributed by atoms with Crippen LogP contribution in [-0.4, -0.2) is 9.38 Å². The van der Waals surface area contributed by atoms with Gasteiger partial charge in [-0.15, -0.1) is 0 Å². The Labute approximate surface area is 176 Å². The summed E-state index contributed by atoms with van der Waals surface area (Å²) in [5, 5.41) is 2.48. The minimum atomic E-state index is 0.749. The van der Waals surface area contributed by atoms with Crippen molar-refractivity contribution in [1.29, 1.82) is 0 Å². The summed E-state index contributed by atoms with van der Waals surface area (Å²) in [5.41, 5.74) is 12.2. The summed E-state index contributed by atoms with van der Waals surface area (Å²) in [4.78, 5) is 5.31. The van der Waals surface area contributed by atoms with E-state index < -0.39 is 0 Å². The van der Waals surface area contributed by atoms with Gasteiger partial charge in [-0.25, -0.2) is 4.98 Å². The van der Waals surface area contributed by atoms with E-state index in [2.05, 4.69) is 78.9 Å². The highest BCUT2D eigenvalue weighted by molar-refractivity contribution is 6.03. The molecular weight excluding hydrogens is 364 g/mol. The van der Waals surface area contributed by atoms with Crippen LogP contribution in [0.3, 0.4) is 0 Å². The maximum absolute atomic E-state index is 5.31. The normalized spacial score (nSPS) is 19.9. The Balaban J connectivity index is 1.73. The zero-order chi connectivity index (χ0) is 20.0. The smallest absolute Gasteiger partial charge is 0.146 e. The second-order valence-electron chi connectivity index (χ2n) is 9.24. The Morgan fingerprint density at radius 3 is 2.33 bits per heavy atom. The summed E-state index contributed by atoms with van der Waals surface area (Å²) in [6.07, 6.45) is 4.06. The largest absolute Gasteiger partial charge is 0.291 e. The first-order chi connectivity index (χ1) is 14.7. The van der Waals surface area contributed by atoms with Crippen LogP contribution in [-0.2, 0) is 0 Å². The van der Waals surface area contributed by atoms with Crippen molar-refractivity contribution in [2.75, 3.05) is 0 Å². The van der Waals surface area contributed by atoms with Crippen LogP contribution < -0.4 is 0 Å². The summed E-state index contributed by atoms with van der Waals surface area (Å²) >= 11 is 0. The minimum Gasteiger partial charge on any atom is -0.291 e. The molecule has 2 aliphatic rings. The van der Waals surface area contributed by atoms with Crippen molar-refractivity contribution < 1.29 is 0 Å². The molecule has 2 aromatic heterocycles. The van der Waals surface area contributed by atoms with Crippen molar-refractivity contribution in [3.8, 4) is 11.3 Å². The molecule has 2 heterocycles. The molecule has 2 atom stereocenters. The van der Waals surface area contributed by atoms with E-state index in [9.17, 15) is 0 Å². The minimum absolute atomic E-state index is 0.749. The molecule has 2 heteroatoms. The van der Waals surface area contributed by atoms with Crippen molar-refractivity contribution in [2.45, 2.75) is 44.9 Å². The number of nitrogens with zero attached hydrogens (tertiary/aromatic N) is 2. The first kappa shape index (κ1) is 16.6. The summed E-state index contributed by atoms with van der Waals surface area (Å²) in [5.74, 6) is 1.50. The van der Waals surface area contributed by atoms with E-state index >= 15 is 0 Å². The highest BCUT2D eigenvalue weighted by Gasteiger charge is 2.40. The molecule has 2 bridgehead atoms. The lowest BCUT2D eigenvalue weighted by Gasteiger charge is -2.21. The molecule has 2 unspecified atom stereocenters. The van der Waals surface area contributed by atoms with Crippen molar-refractivity contribution in [1.82, 2.24) is 9.38 Å². The van der Waals surface area contributed by atoms with Gasteiger partial charge in [-0.3, -0.25) is 4.40 Å². The van der Waals surface area contributed by atoms with Crippen molar-refractivity contribution in [3.63, 3.8) is 0 Å². The molecule has 2 aliphatic carbocycles. The number of fused-ring (bicyclic) bond motifs is 10. The topological polar surface area (TPSA) is 17.3 Å². The highest BCUT2D eigenvalue weighted by Crippen LogP contribution is 2.56. The fraction of sp³-hybridized carbons (Fsp3) is 0.250. The monoisotopic (exact) mass is 388 g/mol. The molecular formula is C28H24N2. The summed E-state index contributed by atoms with van der Waals surface area (Å²) in [7, 11) is 0. The predicted molar refractivity (Wildman–Crippen MR) is 124 cm³/mol. The molecule has 146 valence electrons. The molecule has 1 saturated carbocycles. The van der Waals surface area contributed by atoms with Gasteiger partial charge < -0.3 is 0 Å². The van der Waals surface area contributed by atoms with Gasteiger partial charge in [-0.05, 0) is 84.2 Å². The second kappa shape index (κ2) is 5.72. The van der Waals surface area contributed by atoms with Gasteiger partial charge in [0.15, 0.2) is 0 Å². The van der Waals surface area contributed by atoms with E-state index in [1.54, 1.807) is 11.1 Å². The van der Waals surface area contributed by atoms with Gasteiger partial charge in [0, 0.05) is 5.39 Å². The maximum Gasteiger partial charge on any atom is 0.146 e. The molecule has 0 amide bonds. The van der Waals surface area contributed by atoms with Gasteiger partial charge in [-0.2, -0.15) is 0 Å². The van der Waals surface area contributed by atoms with Crippen LogP contribution in [0, 0.1) is 13.8 Å². The zero-order valence-corrected chi connectivity index (χ0v) is 17.4. The molecule has 0 aliphatic heterocycles. The molecule has 30 heavy (non-hydrogen) atoms. The van der Waals surface area contributed by atoms with E-state index in [1.807, 2.05) is 0 Å². The van der Waals surface area contributed by atoms with Crippen LogP contribution >= 0.6 is 0 Å². The number of hydrogen-bond donors (Lipinski definition) is 0. The van der Waals surface area contributed by atoms with E-state index in [4.69, 9.17) is 4.98 Å². The fourth-order valence-corrected chi connectivity index (χ4v) is 6.52. The number of aryl methyl sites for hydroxylation is 2. The zero-order valence-electron chi connectivity index (χ0n) is 17.4. The van der Waals surface area contributed by atoms with Gasteiger partial charge in [-0.1, -0.05) is 54.6 Å². The Hall–Kier alpha value is -3.13. The Morgan fingerprint density at radius 2 is 1.53 bits per heavy atom. The second-order valence-corrected chi connectivity index (χ2v) is 9.24. The van der Waals surface area contributed by atoms with Gasteiger partial charge in [0.05, 0.1) is 16.7 Å². The fourth-order valence-electron chi connectivity index (χ4n) is 6.52. The molecule has 3 aromatic carbocycles. The lowest BCUT2D eigenvalue weighted by Crippen LogP contribution is -2.05. The third-order valence-corrected chi connectivity index (χ3v) is 7.74. The van der Waals surface area contributed by atoms with Gasteiger partial charge >= 0.3 is 0 Å². The lowest BCUT2D eigenvalue weighted by atomic mass is 9.85. The third kappa shape index (κ3) is 1.97. The van der Waals surface area contributed by atoms with Crippen LogP contribution in [0.15, 0.2) is 60.7 Å². The van der Waals surface area contributed by atoms with Crippen LogP contribution in [0.25, 0.3) is 38.7 Å². The van der Waals surface area contributed by atoms with Crippen LogP contribution in [0.2, 0.25) is 0 Å². The number of benzene rings is 3. The number of rotatable bonds is 1. The summed E-state index contributed by atoms with van der Waals surface area (Å²) in [6.45, 7) is 4.66. The number of pyridine rings is 1. The van der Waals surface area contributed by atoms with Crippen LogP contribution in [0.1, 0.15) is 53.4 Å². The van der Waals surface area contributed by atoms with Crippen molar-refractivity contribution in [2.24, 2.45) is 0 Å². The number of hydrogen-bond acceptors (Lipinski definition) is 1. The molecule has 0 N–H and O–H groups in total. The van der Waals surface area contributed by atoms with Gasteiger partial charge in [0.2, 0.25) is 0 Å². The molecule has 0 saturated heterocycles. The molecule has 7 rings (SSSR count). The molecule has 0 radical (unpaired) electrons.